The number of rotatable bonds is 2. The smallest absolute Gasteiger partial charge is 0.242 e. The lowest BCUT2D eigenvalue weighted by molar-refractivity contribution is -0.131. The van der Waals surface area contributed by atoms with Crippen LogP contribution in [0.5, 0.6) is 0 Å². The summed E-state index contributed by atoms with van der Waals surface area (Å²) in [5.74, 6) is 0.0813. The van der Waals surface area contributed by atoms with E-state index in [0.29, 0.717) is 26.1 Å². The van der Waals surface area contributed by atoms with Crippen molar-refractivity contribution in [2.24, 2.45) is 0 Å². The van der Waals surface area contributed by atoms with Gasteiger partial charge in [0, 0.05) is 25.5 Å². The first-order valence-electron chi connectivity index (χ1n) is 4.82. The highest BCUT2D eigenvalue weighted by Gasteiger charge is 2.24. The fourth-order valence-corrected chi connectivity index (χ4v) is 1.70. The van der Waals surface area contributed by atoms with Crippen LogP contribution in [0.3, 0.4) is 0 Å². The molecule has 1 aliphatic rings. The van der Waals surface area contributed by atoms with E-state index in [0.717, 1.165) is 0 Å². The van der Waals surface area contributed by atoms with Crippen LogP contribution in [0.4, 0.5) is 0 Å². The third-order valence-corrected chi connectivity index (χ3v) is 2.50. The van der Waals surface area contributed by atoms with E-state index in [9.17, 15) is 9.90 Å². The van der Waals surface area contributed by atoms with Gasteiger partial charge >= 0.3 is 0 Å². The van der Waals surface area contributed by atoms with Crippen molar-refractivity contribution in [3.8, 4) is 0 Å². The Kier molecular flexibility index (Phi) is 2.54. The SMILES string of the molecule is O=C(Cn1cccc1)N1CCC(O)C1. The summed E-state index contributed by atoms with van der Waals surface area (Å²) in [6, 6.07) is 3.79. The Morgan fingerprint density at radius 2 is 2.14 bits per heavy atom. The maximum atomic E-state index is 11.7. The summed E-state index contributed by atoms with van der Waals surface area (Å²) >= 11 is 0. The molecule has 0 saturated carbocycles. The molecule has 1 N–H and O–H groups in total. The lowest BCUT2D eigenvalue weighted by Gasteiger charge is -2.15. The zero-order valence-electron chi connectivity index (χ0n) is 7.97. The first kappa shape index (κ1) is 9.27. The second-order valence-electron chi connectivity index (χ2n) is 3.64. The zero-order chi connectivity index (χ0) is 9.97. The normalized spacial score (nSPS) is 21.5. The van der Waals surface area contributed by atoms with Crippen molar-refractivity contribution >= 4 is 5.91 Å². The Morgan fingerprint density at radius 1 is 1.43 bits per heavy atom. The Morgan fingerprint density at radius 3 is 2.71 bits per heavy atom. The van der Waals surface area contributed by atoms with Gasteiger partial charge in [-0.2, -0.15) is 0 Å². The Hall–Kier alpha value is -1.29. The fraction of sp³-hybridized carbons (Fsp3) is 0.500. The number of hydrogen-bond donors (Lipinski definition) is 1. The van der Waals surface area contributed by atoms with Crippen molar-refractivity contribution in [3.05, 3.63) is 24.5 Å². The van der Waals surface area contributed by atoms with Gasteiger partial charge in [-0.3, -0.25) is 4.79 Å². The van der Waals surface area contributed by atoms with Crippen LogP contribution in [-0.4, -0.2) is 39.7 Å². The molecule has 1 unspecified atom stereocenters. The highest BCUT2D eigenvalue weighted by atomic mass is 16.3. The molecule has 0 spiro atoms. The molecule has 0 bridgehead atoms. The maximum Gasteiger partial charge on any atom is 0.242 e. The molecule has 0 radical (unpaired) electrons. The van der Waals surface area contributed by atoms with Gasteiger partial charge < -0.3 is 14.6 Å². The molecule has 1 fully saturated rings. The summed E-state index contributed by atoms with van der Waals surface area (Å²) < 4.78 is 1.84. The summed E-state index contributed by atoms with van der Waals surface area (Å²) in [6.07, 6.45) is 4.11. The van der Waals surface area contributed by atoms with E-state index in [-0.39, 0.29) is 12.0 Å². The second-order valence-corrected chi connectivity index (χ2v) is 3.64. The van der Waals surface area contributed by atoms with Crippen LogP contribution in [0.1, 0.15) is 6.42 Å². The summed E-state index contributed by atoms with van der Waals surface area (Å²) in [6.45, 7) is 1.54. The maximum absolute atomic E-state index is 11.7. The number of nitrogens with zero attached hydrogens (tertiary/aromatic N) is 2. The Labute approximate surface area is 82.7 Å². The van der Waals surface area contributed by atoms with Crippen LogP contribution in [0.25, 0.3) is 0 Å². The number of likely N-dealkylation sites (tertiary alicyclic amines) is 1. The lowest BCUT2D eigenvalue weighted by atomic mass is 10.3. The van der Waals surface area contributed by atoms with Crippen molar-refractivity contribution in [2.75, 3.05) is 13.1 Å². The first-order valence-corrected chi connectivity index (χ1v) is 4.82. The van der Waals surface area contributed by atoms with Gasteiger partial charge in [-0.1, -0.05) is 0 Å². The molecule has 1 saturated heterocycles. The molecular formula is C10H14N2O2. The molecule has 0 aromatic carbocycles. The lowest BCUT2D eigenvalue weighted by Crippen LogP contribution is -2.32. The fourth-order valence-electron chi connectivity index (χ4n) is 1.70. The van der Waals surface area contributed by atoms with Gasteiger partial charge in [0.25, 0.3) is 0 Å². The van der Waals surface area contributed by atoms with Gasteiger partial charge in [0.15, 0.2) is 0 Å². The summed E-state index contributed by atoms with van der Waals surface area (Å²) in [4.78, 5) is 13.4. The molecule has 0 aliphatic carbocycles. The highest BCUT2D eigenvalue weighted by Crippen LogP contribution is 2.09. The van der Waals surface area contributed by atoms with E-state index in [1.54, 1.807) is 4.90 Å². The van der Waals surface area contributed by atoms with Gasteiger partial charge in [0.05, 0.1) is 6.10 Å². The van der Waals surface area contributed by atoms with Crippen LogP contribution in [0, 0.1) is 0 Å². The number of aliphatic hydroxyl groups is 1. The molecule has 2 heterocycles. The standard InChI is InChI=1S/C10H14N2O2/c13-9-3-6-12(7-9)10(14)8-11-4-1-2-5-11/h1-2,4-5,9,13H,3,6-8H2. The molecule has 2 rings (SSSR count). The molecule has 1 atom stereocenters. The van der Waals surface area contributed by atoms with Crippen LogP contribution >= 0.6 is 0 Å². The van der Waals surface area contributed by atoms with Crippen LogP contribution < -0.4 is 0 Å². The van der Waals surface area contributed by atoms with Gasteiger partial charge in [0.2, 0.25) is 5.91 Å². The predicted octanol–water partition coefficient (Wildman–Crippen LogP) is 0.0813. The highest BCUT2D eigenvalue weighted by molar-refractivity contribution is 5.76. The minimum Gasteiger partial charge on any atom is -0.391 e. The molecule has 4 nitrogen and oxygen atoms in total. The molecule has 14 heavy (non-hydrogen) atoms. The molecule has 4 heteroatoms. The van der Waals surface area contributed by atoms with E-state index in [2.05, 4.69) is 0 Å². The van der Waals surface area contributed by atoms with E-state index in [4.69, 9.17) is 0 Å². The van der Waals surface area contributed by atoms with Crippen LogP contribution in [0.15, 0.2) is 24.5 Å². The van der Waals surface area contributed by atoms with E-state index in [1.165, 1.54) is 0 Å². The van der Waals surface area contributed by atoms with Crippen molar-refractivity contribution < 1.29 is 9.90 Å². The molecule has 1 aromatic rings. The average molecular weight is 194 g/mol. The first-order chi connectivity index (χ1) is 6.75. The molecular weight excluding hydrogens is 180 g/mol. The van der Waals surface area contributed by atoms with Crippen molar-refractivity contribution in [2.45, 2.75) is 19.1 Å². The second kappa shape index (κ2) is 3.84. The Bertz CT molecular complexity index is 308. The molecule has 1 aromatic heterocycles. The number of aromatic nitrogens is 1. The largest absolute Gasteiger partial charge is 0.391 e. The monoisotopic (exact) mass is 194 g/mol. The third kappa shape index (κ3) is 1.96. The van der Waals surface area contributed by atoms with Gasteiger partial charge in [0.1, 0.15) is 6.54 Å². The van der Waals surface area contributed by atoms with E-state index >= 15 is 0 Å². The third-order valence-electron chi connectivity index (χ3n) is 2.50. The number of carbonyl (C=O) groups excluding carboxylic acids is 1. The van der Waals surface area contributed by atoms with Crippen LogP contribution in [-0.2, 0) is 11.3 Å². The minimum absolute atomic E-state index is 0.0813. The van der Waals surface area contributed by atoms with Crippen LogP contribution in [0.2, 0.25) is 0 Å². The van der Waals surface area contributed by atoms with E-state index < -0.39 is 0 Å². The summed E-state index contributed by atoms with van der Waals surface area (Å²) in [5, 5.41) is 9.27. The number of aliphatic hydroxyl groups excluding tert-OH is 1. The molecule has 76 valence electrons. The minimum atomic E-state index is -0.330. The zero-order valence-corrected chi connectivity index (χ0v) is 7.97. The van der Waals surface area contributed by atoms with E-state index in [1.807, 2.05) is 29.1 Å². The quantitative estimate of drug-likeness (QED) is 0.724. The number of hydrogen-bond acceptors (Lipinski definition) is 2. The van der Waals surface area contributed by atoms with Crippen molar-refractivity contribution in [1.82, 2.24) is 9.47 Å². The number of amides is 1. The van der Waals surface area contributed by atoms with Crippen molar-refractivity contribution in [3.63, 3.8) is 0 Å². The van der Waals surface area contributed by atoms with Gasteiger partial charge in [-0.15, -0.1) is 0 Å². The summed E-state index contributed by atoms with van der Waals surface area (Å²) in [5.41, 5.74) is 0. The van der Waals surface area contributed by atoms with Gasteiger partial charge in [-0.05, 0) is 18.6 Å². The topological polar surface area (TPSA) is 45.5 Å². The van der Waals surface area contributed by atoms with Gasteiger partial charge in [-0.25, -0.2) is 0 Å². The molecule has 1 amide bonds. The summed E-state index contributed by atoms with van der Waals surface area (Å²) in [7, 11) is 0. The van der Waals surface area contributed by atoms with Crippen molar-refractivity contribution in [1.29, 1.82) is 0 Å². The predicted molar refractivity (Wildman–Crippen MR) is 51.6 cm³/mol. The average Bonchev–Trinajstić information content (AvgIpc) is 2.75. The number of carbonyl (C=O) groups is 1. The molecule has 1 aliphatic heterocycles. The number of β-amino-alcohol motifs (C(OH)–C–C–N with tert-alkyl or cyclic N) is 1. The Balaban J connectivity index is 1.90.